The standard InChI is InChI=1S/C15H22F4N2/c1-3-21(4-2)10-6-9-20-11-12-7-5-8-13(14(12)16)15(17,18)19/h5,7-8,20H,3-4,6,9-11H2,1-2H3. The summed E-state index contributed by atoms with van der Waals surface area (Å²) < 4.78 is 51.5. The molecule has 0 aromatic heterocycles. The highest BCUT2D eigenvalue weighted by molar-refractivity contribution is 5.28. The molecule has 2 nitrogen and oxygen atoms in total. The summed E-state index contributed by atoms with van der Waals surface area (Å²) in [5.74, 6) is -1.18. The number of rotatable bonds is 8. The van der Waals surface area contributed by atoms with E-state index in [-0.39, 0.29) is 12.1 Å². The van der Waals surface area contributed by atoms with E-state index in [0.717, 1.165) is 32.1 Å². The van der Waals surface area contributed by atoms with E-state index in [2.05, 4.69) is 24.1 Å². The van der Waals surface area contributed by atoms with Crippen LogP contribution in [0.1, 0.15) is 31.4 Å². The SMILES string of the molecule is CCN(CC)CCCNCc1cccc(C(F)(F)F)c1F. The summed E-state index contributed by atoms with van der Waals surface area (Å²) in [6, 6.07) is 3.37. The van der Waals surface area contributed by atoms with Crippen LogP contribution in [0.25, 0.3) is 0 Å². The minimum Gasteiger partial charge on any atom is -0.313 e. The normalized spacial score (nSPS) is 12.1. The molecule has 0 saturated carbocycles. The second-order valence-electron chi connectivity index (χ2n) is 4.83. The van der Waals surface area contributed by atoms with Gasteiger partial charge in [-0.3, -0.25) is 0 Å². The molecule has 0 aliphatic rings. The van der Waals surface area contributed by atoms with Crippen LogP contribution < -0.4 is 5.32 Å². The van der Waals surface area contributed by atoms with E-state index in [1.165, 1.54) is 12.1 Å². The molecule has 0 spiro atoms. The van der Waals surface area contributed by atoms with Gasteiger partial charge in [-0.1, -0.05) is 26.0 Å². The van der Waals surface area contributed by atoms with Gasteiger partial charge in [0.2, 0.25) is 0 Å². The maximum atomic E-state index is 13.7. The smallest absolute Gasteiger partial charge is 0.313 e. The van der Waals surface area contributed by atoms with E-state index in [1.807, 2.05) is 0 Å². The summed E-state index contributed by atoms with van der Waals surface area (Å²) in [4.78, 5) is 2.26. The van der Waals surface area contributed by atoms with Crippen molar-refractivity contribution in [3.63, 3.8) is 0 Å². The first-order chi connectivity index (χ1) is 9.90. The Bertz CT molecular complexity index is 428. The molecule has 0 saturated heterocycles. The largest absolute Gasteiger partial charge is 0.419 e. The average Bonchev–Trinajstić information content (AvgIpc) is 2.43. The Morgan fingerprint density at radius 1 is 1.14 bits per heavy atom. The number of hydrogen-bond donors (Lipinski definition) is 1. The summed E-state index contributed by atoms with van der Waals surface area (Å²) in [5.41, 5.74) is -1.15. The van der Waals surface area contributed by atoms with Gasteiger partial charge in [0, 0.05) is 12.1 Å². The van der Waals surface area contributed by atoms with Gasteiger partial charge in [0.05, 0.1) is 5.56 Å². The fraction of sp³-hybridized carbons (Fsp3) is 0.600. The number of halogens is 4. The summed E-state index contributed by atoms with van der Waals surface area (Å²) in [5, 5.41) is 2.99. The van der Waals surface area contributed by atoms with Crippen molar-refractivity contribution < 1.29 is 17.6 Å². The maximum Gasteiger partial charge on any atom is 0.419 e. The Balaban J connectivity index is 2.46. The molecule has 1 rings (SSSR count). The molecular formula is C15H22F4N2. The number of nitrogens with one attached hydrogen (secondary N) is 1. The van der Waals surface area contributed by atoms with E-state index in [0.29, 0.717) is 6.54 Å². The number of nitrogens with zero attached hydrogens (tertiary/aromatic N) is 1. The summed E-state index contributed by atoms with van der Waals surface area (Å²) in [6.07, 6.45) is -3.77. The Kier molecular flexibility index (Phi) is 7.11. The summed E-state index contributed by atoms with van der Waals surface area (Å²) in [6.45, 7) is 7.77. The molecular weight excluding hydrogens is 284 g/mol. The van der Waals surface area contributed by atoms with Gasteiger partial charge >= 0.3 is 6.18 Å². The van der Waals surface area contributed by atoms with Crippen LogP contribution in [0.5, 0.6) is 0 Å². The molecule has 0 aliphatic heterocycles. The van der Waals surface area contributed by atoms with Crippen LogP contribution in [0.15, 0.2) is 18.2 Å². The van der Waals surface area contributed by atoms with Crippen LogP contribution in [0.2, 0.25) is 0 Å². The highest BCUT2D eigenvalue weighted by Gasteiger charge is 2.34. The lowest BCUT2D eigenvalue weighted by Gasteiger charge is -2.17. The van der Waals surface area contributed by atoms with Crippen LogP contribution in [-0.2, 0) is 12.7 Å². The minimum absolute atomic E-state index is 0.0488. The highest BCUT2D eigenvalue weighted by atomic mass is 19.4. The Hall–Kier alpha value is -1.14. The molecule has 0 radical (unpaired) electrons. The van der Waals surface area contributed by atoms with E-state index >= 15 is 0 Å². The lowest BCUT2D eigenvalue weighted by molar-refractivity contribution is -0.140. The summed E-state index contributed by atoms with van der Waals surface area (Å²) >= 11 is 0. The lowest BCUT2D eigenvalue weighted by atomic mass is 10.1. The van der Waals surface area contributed by atoms with Gasteiger partial charge in [-0.05, 0) is 38.7 Å². The molecule has 0 aliphatic carbocycles. The molecule has 0 unspecified atom stereocenters. The zero-order valence-electron chi connectivity index (χ0n) is 12.4. The quantitative estimate of drug-likeness (QED) is 0.582. The van der Waals surface area contributed by atoms with Gasteiger partial charge in [0.25, 0.3) is 0 Å². The fourth-order valence-electron chi connectivity index (χ4n) is 2.13. The molecule has 1 aromatic carbocycles. The van der Waals surface area contributed by atoms with Crippen molar-refractivity contribution in [1.29, 1.82) is 0 Å². The topological polar surface area (TPSA) is 15.3 Å². The van der Waals surface area contributed by atoms with Crippen LogP contribution in [-0.4, -0.2) is 31.1 Å². The van der Waals surface area contributed by atoms with Crippen molar-refractivity contribution in [2.24, 2.45) is 0 Å². The third kappa shape index (κ3) is 5.63. The Morgan fingerprint density at radius 3 is 2.38 bits per heavy atom. The number of alkyl halides is 3. The molecule has 0 bridgehead atoms. The van der Waals surface area contributed by atoms with E-state index < -0.39 is 17.6 Å². The Labute approximate surface area is 123 Å². The van der Waals surface area contributed by atoms with Crippen LogP contribution in [0, 0.1) is 5.82 Å². The van der Waals surface area contributed by atoms with Crippen molar-refractivity contribution in [2.45, 2.75) is 33.0 Å². The van der Waals surface area contributed by atoms with Gasteiger partial charge in [0.1, 0.15) is 5.82 Å². The van der Waals surface area contributed by atoms with E-state index in [9.17, 15) is 17.6 Å². The molecule has 0 atom stereocenters. The predicted molar refractivity (Wildman–Crippen MR) is 75.5 cm³/mol. The molecule has 120 valence electrons. The van der Waals surface area contributed by atoms with E-state index in [4.69, 9.17) is 0 Å². The zero-order chi connectivity index (χ0) is 15.9. The van der Waals surface area contributed by atoms with Crippen molar-refractivity contribution in [3.05, 3.63) is 35.1 Å². The first-order valence-corrected chi connectivity index (χ1v) is 7.17. The van der Waals surface area contributed by atoms with E-state index in [1.54, 1.807) is 0 Å². The second kappa shape index (κ2) is 8.34. The lowest BCUT2D eigenvalue weighted by Crippen LogP contribution is -2.27. The maximum absolute atomic E-state index is 13.7. The number of hydrogen-bond acceptors (Lipinski definition) is 2. The van der Waals surface area contributed by atoms with Gasteiger partial charge in [-0.15, -0.1) is 0 Å². The third-order valence-electron chi connectivity index (χ3n) is 3.42. The van der Waals surface area contributed by atoms with Crippen LogP contribution in [0.3, 0.4) is 0 Å². The van der Waals surface area contributed by atoms with Gasteiger partial charge in [-0.25, -0.2) is 4.39 Å². The molecule has 0 heterocycles. The third-order valence-corrected chi connectivity index (χ3v) is 3.42. The predicted octanol–water partition coefficient (Wildman–Crippen LogP) is 3.67. The summed E-state index contributed by atoms with van der Waals surface area (Å²) in [7, 11) is 0. The number of benzene rings is 1. The zero-order valence-corrected chi connectivity index (χ0v) is 12.4. The second-order valence-corrected chi connectivity index (χ2v) is 4.83. The molecule has 0 amide bonds. The van der Waals surface area contributed by atoms with Crippen molar-refractivity contribution in [2.75, 3.05) is 26.2 Å². The molecule has 1 aromatic rings. The fourth-order valence-corrected chi connectivity index (χ4v) is 2.13. The van der Waals surface area contributed by atoms with Gasteiger partial charge in [-0.2, -0.15) is 13.2 Å². The molecule has 1 N–H and O–H groups in total. The van der Waals surface area contributed by atoms with Gasteiger partial charge in [0.15, 0.2) is 0 Å². The molecule has 0 fully saturated rings. The first kappa shape index (κ1) is 17.9. The average molecular weight is 306 g/mol. The van der Waals surface area contributed by atoms with Crippen molar-refractivity contribution in [1.82, 2.24) is 10.2 Å². The Morgan fingerprint density at radius 2 is 1.81 bits per heavy atom. The molecule has 6 heteroatoms. The van der Waals surface area contributed by atoms with Crippen LogP contribution in [0.4, 0.5) is 17.6 Å². The first-order valence-electron chi connectivity index (χ1n) is 7.17. The van der Waals surface area contributed by atoms with Gasteiger partial charge < -0.3 is 10.2 Å². The minimum atomic E-state index is -4.65. The van der Waals surface area contributed by atoms with Crippen LogP contribution >= 0.6 is 0 Å². The monoisotopic (exact) mass is 306 g/mol. The molecule has 21 heavy (non-hydrogen) atoms. The van der Waals surface area contributed by atoms with Crippen molar-refractivity contribution in [3.8, 4) is 0 Å². The highest BCUT2D eigenvalue weighted by Crippen LogP contribution is 2.32. The van der Waals surface area contributed by atoms with Crippen molar-refractivity contribution >= 4 is 0 Å².